The van der Waals surface area contributed by atoms with Crippen molar-refractivity contribution in [1.29, 1.82) is 0 Å². The number of aryl methyl sites for hydroxylation is 2. The van der Waals surface area contributed by atoms with E-state index in [9.17, 15) is 4.79 Å². The standard InChI is InChI=1S/C24H22N4O/c1-15-11-12-19(13-16(15)2)22-14-23(27-26-22)24(29)28-25-17(3)20-10-6-8-18-7-4-5-9-21(18)20/h4-14H,1-3H3,(H,26,27)(H,28,29)/b25-17-. The van der Waals surface area contributed by atoms with Gasteiger partial charge in [0.15, 0.2) is 0 Å². The molecule has 1 amide bonds. The molecule has 5 heteroatoms. The van der Waals surface area contributed by atoms with Gasteiger partial charge in [0.05, 0.1) is 11.4 Å². The van der Waals surface area contributed by atoms with Gasteiger partial charge in [0.1, 0.15) is 5.69 Å². The Morgan fingerprint density at radius 3 is 2.59 bits per heavy atom. The monoisotopic (exact) mass is 382 g/mol. The molecule has 0 saturated carbocycles. The number of carbonyl (C=O) groups is 1. The van der Waals surface area contributed by atoms with Crippen molar-refractivity contribution in [1.82, 2.24) is 15.6 Å². The van der Waals surface area contributed by atoms with Crippen molar-refractivity contribution in [2.75, 3.05) is 0 Å². The van der Waals surface area contributed by atoms with Crippen molar-refractivity contribution in [3.63, 3.8) is 0 Å². The molecule has 0 aliphatic heterocycles. The molecule has 144 valence electrons. The highest BCUT2D eigenvalue weighted by molar-refractivity contribution is 6.10. The van der Waals surface area contributed by atoms with Crippen LogP contribution in [0.4, 0.5) is 0 Å². The summed E-state index contributed by atoms with van der Waals surface area (Å²) in [6.45, 7) is 6.01. The largest absolute Gasteiger partial charge is 0.289 e. The van der Waals surface area contributed by atoms with Crippen LogP contribution in [0, 0.1) is 13.8 Å². The second-order valence-electron chi connectivity index (χ2n) is 7.13. The summed E-state index contributed by atoms with van der Waals surface area (Å²) < 4.78 is 0. The van der Waals surface area contributed by atoms with Crippen LogP contribution in [-0.2, 0) is 0 Å². The molecule has 0 unspecified atom stereocenters. The highest BCUT2D eigenvalue weighted by atomic mass is 16.2. The third kappa shape index (κ3) is 3.80. The highest BCUT2D eigenvalue weighted by Crippen LogP contribution is 2.21. The lowest BCUT2D eigenvalue weighted by Crippen LogP contribution is -2.19. The first kappa shape index (κ1) is 18.6. The summed E-state index contributed by atoms with van der Waals surface area (Å²) >= 11 is 0. The lowest BCUT2D eigenvalue weighted by Gasteiger charge is -2.06. The van der Waals surface area contributed by atoms with E-state index in [0.29, 0.717) is 5.69 Å². The van der Waals surface area contributed by atoms with E-state index < -0.39 is 0 Å². The Hall–Kier alpha value is -3.73. The van der Waals surface area contributed by atoms with E-state index >= 15 is 0 Å². The van der Waals surface area contributed by atoms with Gasteiger partial charge in [0, 0.05) is 11.1 Å². The predicted molar refractivity (Wildman–Crippen MR) is 117 cm³/mol. The van der Waals surface area contributed by atoms with Gasteiger partial charge in [-0.05, 0) is 54.8 Å². The second-order valence-corrected chi connectivity index (χ2v) is 7.13. The molecule has 0 saturated heterocycles. The molecule has 4 rings (SSSR count). The number of hydrazone groups is 1. The minimum Gasteiger partial charge on any atom is -0.272 e. The molecule has 0 aliphatic carbocycles. The number of hydrogen-bond donors (Lipinski definition) is 2. The zero-order valence-electron chi connectivity index (χ0n) is 16.7. The van der Waals surface area contributed by atoms with Crippen molar-refractivity contribution < 1.29 is 4.79 Å². The number of benzene rings is 3. The number of nitrogens with zero attached hydrogens (tertiary/aromatic N) is 2. The Morgan fingerprint density at radius 1 is 0.966 bits per heavy atom. The summed E-state index contributed by atoms with van der Waals surface area (Å²) in [6.07, 6.45) is 0. The van der Waals surface area contributed by atoms with E-state index in [1.165, 1.54) is 11.1 Å². The van der Waals surface area contributed by atoms with Crippen molar-refractivity contribution >= 4 is 22.4 Å². The van der Waals surface area contributed by atoms with Gasteiger partial charge < -0.3 is 0 Å². The Morgan fingerprint density at radius 2 is 1.76 bits per heavy atom. The molecular formula is C24H22N4O. The Kier molecular flexibility index (Phi) is 4.96. The van der Waals surface area contributed by atoms with E-state index in [0.717, 1.165) is 33.3 Å². The number of nitrogens with one attached hydrogen (secondary N) is 2. The number of aromatic amines is 1. The molecule has 0 spiro atoms. The first-order chi connectivity index (χ1) is 14.0. The van der Waals surface area contributed by atoms with Crippen LogP contribution in [0.3, 0.4) is 0 Å². The second kappa shape index (κ2) is 7.72. The SMILES string of the molecule is C/C(=N/NC(=O)c1cc(-c2ccc(C)c(C)c2)n[nH]1)c1cccc2ccccc12. The fourth-order valence-electron chi connectivity index (χ4n) is 3.28. The number of hydrogen-bond acceptors (Lipinski definition) is 3. The molecule has 0 aliphatic rings. The number of amides is 1. The highest BCUT2D eigenvalue weighted by Gasteiger charge is 2.12. The summed E-state index contributed by atoms with van der Waals surface area (Å²) in [5, 5.41) is 13.6. The Balaban J connectivity index is 1.54. The van der Waals surface area contributed by atoms with Gasteiger partial charge >= 0.3 is 0 Å². The number of fused-ring (bicyclic) bond motifs is 1. The fourth-order valence-corrected chi connectivity index (χ4v) is 3.28. The smallest absolute Gasteiger partial charge is 0.272 e. The molecule has 29 heavy (non-hydrogen) atoms. The Bertz CT molecular complexity index is 1230. The quantitative estimate of drug-likeness (QED) is 0.385. The van der Waals surface area contributed by atoms with E-state index in [4.69, 9.17) is 0 Å². The first-order valence-corrected chi connectivity index (χ1v) is 9.49. The minimum absolute atomic E-state index is 0.327. The van der Waals surface area contributed by atoms with Crippen LogP contribution in [0.5, 0.6) is 0 Å². The van der Waals surface area contributed by atoms with Crippen molar-refractivity contribution in [3.8, 4) is 11.3 Å². The third-order valence-corrected chi connectivity index (χ3v) is 5.13. The normalized spacial score (nSPS) is 11.6. The van der Waals surface area contributed by atoms with Crippen LogP contribution in [0.25, 0.3) is 22.0 Å². The van der Waals surface area contributed by atoms with Crippen LogP contribution in [0.1, 0.15) is 34.1 Å². The van der Waals surface area contributed by atoms with Crippen molar-refractivity contribution in [2.45, 2.75) is 20.8 Å². The molecule has 5 nitrogen and oxygen atoms in total. The number of rotatable bonds is 4. The van der Waals surface area contributed by atoms with Gasteiger partial charge in [-0.1, -0.05) is 54.6 Å². The predicted octanol–water partition coefficient (Wildman–Crippen LogP) is 5.00. The third-order valence-electron chi connectivity index (χ3n) is 5.13. The first-order valence-electron chi connectivity index (χ1n) is 9.49. The summed E-state index contributed by atoms with van der Waals surface area (Å²) in [5.74, 6) is -0.327. The summed E-state index contributed by atoms with van der Waals surface area (Å²) in [6, 6.07) is 22.0. The lowest BCUT2D eigenvalue weighted by molar-refractivity contribution is 0.0950. The molecule has 0 fully saturated rings. The van der Waals surface area contributed by atoms with Crippen molar-refractivity contribution in [3.05, 3.63) is 89.1 Å². The van der Waals surface area contributed by atoms with E-state index in [1.807, 2.05) is 37.3 Å². The number of H-pyrrole nitrogens is 1. The molecule has 0 radical (unpaired) electrons. The van der Waals surface area contributed by atoms with Crippen LogP contribution in [0.2, 0.25) is 0 Å². The maximum absolute atomic E-state index is 12.5. The maximum atomic E-state index is 12.5. The molecule has 2 N–H and O–H groups in total. The zero-order valence-corrected chi connectivity index (χ0v) is 16.7. The molecule has 0 atom stereocenters. The molecule has 0 bridgehead atoms. The van der Waals surface area contributed by atoms with E-state index in [1.54, 1.807) is 6.07 Å². The molecular weight excluding hydrogens is 360 g/mol. The molecule has 1 aromatic heterocycles. The average Bonchev–Trinajstić information content (AvgIpc) is 3.23. The van der Waals surface area contributed by atoms with Gasteiger partial charge in [0.2, 0.25) is 0 Å². The summed E-state index contributed by atoms with van der Waals surface area (Å²) in [4.78, 5) is 12.5. The van der Waals surface area contributed by atoms with Crippen LogP contribution in [-0.4, -0.2) is 21.8 Å². The van der Waals surface area contributed by atoms with Crippen molar-refractivity contribution in [2.24, 2.45) is 5.10 Å². The van der Waals surface area contributed by atoms with Gasteiger partial charge in [-0.15, -0.1) is 0 Å². The fraction of sp³-hybridized carbons (Fsp3) is 0.125. The number of carbonyl (C=O) groups excluding carboxylic acids is 1. The molecule has 4 aromatic rings. The van der Waals surface area contributed by atoms with Crippen LogP contribution < -0.4 is 5.43 Å². The van der Waals surface area contributed by atoms with Gasteiger partial charge in [-0.25, -0.2) is 5.43 Å². The van der Waals surface area contributed by atoms with E-state index in [2.05, 4.69) is 64.9 Å². The van der Waals surface area contributed by atoms with Gasteiger partial charge in [0.25, 0.3) is 5.91 Å². The van der Waals surface area contributed by atoms with Gasteiger partial charge in [-0.2, -0.15) is 10.2 Å². The van der Waals surface area contributed by atoms with Gasteiger partial charge in [-0.3, -0.25) is 9.89 Å². The summed E-state index contributed by atoms with van der Waals surface area (Å²) in [5.41, 5.74) is 8.83. The zero-order chi connectivity index (χ0) is 20.4. The lowest BCUT2D eigenvalue weighted by atomic mass is 10.0. The number of aromatic nitrogens is 2. The Labute approximate surface area is 169 Å². The summed E-state index contributed by atoms with van der Waals surface area (Å²) in [7, 11) is 0. The molecule has 3 aromatic carbocycles. The van der Waals surface area contributed by atoms with Crippen LogP contribution in [0.15, 0.2) is 71.8 Å². The minimum atomic E-state index is -0.327. The van der Waals surface area contributed by atoms with Crippen LogP contribution >= 0.6 is 0 Å². The average molecular weight is 382 g/mol. The van der Waals surface area contributed by atoms with E-state index in [-0.39, 0.29) is 5.91 Å². The topological polar surface area (TPSA) is 70.1 Å². The maximum Gasteiger partial charge on any atom is 0.289 e. The molecule has 1 heterocycles.